The molecule has 0 radical (unpaired) electrons. The zero-order chi connectivity index (χ0) is 18.2. The lowest BCUT2D eigenvalue weighted by Gasteiger charge is -2.24. The first-order chi connectivity index (χ1) is 12.1. The smallest absolute Gasteiger partial charge is 0.303 e. The number of fused-ring (bicyclic) bond motifs is 1. The molecule has 0 saturated heterocycles. The average molecular weight is 352 g/mol. The van der Waals surface area contributed by atoms with Crippen molar-refractivity contribution in [1.82, 2.24) is 0 Å². The van der Waals surface area contributed by atoms with E-state index in [0.717, 1.165) is 0 Å². The third-order valence-corrected chi connectivity index (χ3v) is 3.70. The van der Waals surface area contributed by atoms with Gasteiger partial charge in [-0.2, -0.15) is 0 Å². The van der Waals surface area contributed by atoms with Crippen molar-refractivity contribution in [2.75, 3.05) is 27.1 Å². The molecule has 138 valence electrons. The maximum Gasteiger partial charge on any atom is 0.303 e. The maximum atomic E-state index is 11.3. The van der Waals surface area contributed by atoms with Crippen LogP contribution in [-0.4, -0.2) is 50.4 Å². The van der Waals surface area contributed by atoms with Crippen LogP contribution in [0, 0.1) is 0 Å². The number of aliphatic hydroxyl groups excluding tert-OH is 1. The summed E-state index contributed by atoms with van der Waals surface area (Å²) in [5.41, 5.74) is 0.624. The van der Waals surface area contributed by atoms with Gasteiger partial charge >= 0.3 is 5.97 Å². The molecule has 25 heavy (non-hydrogen) atoms. The van der Waals surface area contributed by atoms with Gasteiger partial charge in [0.25, 0.3) is 0 Å². The fourth-order valence-corrected chi connectivity index (χ4v) is 2.56. The number of carbonyl (C=O) groups is 1. The molecule has 1 aromatic rings. The summed E-state index contributed by atoms with van der Waals surface area (Å²) in [6, 6.07) is 5.13. The Balaban J connectivity index is 2.00. The monoisotopic (exact) mass is 352 g/mol. The lowest BCUT2D eigenvalue weighted by Crippen LogP contribution is -2.36. The van der Waals surface area contributed by atoms with Crippen LogP contribution in [0.25, 0.3) is 0 Å². The van der Waals surface area contributed by atoms with Crippen molar-refractivity contribution >= 4 is 5.97 Å². The van der Waals surface area contributed by atoms with E-state index in [9.17, 15) is 9.90 Å². The van der Waals surface area contributed by atoms with Gasteiger partial charge in [-0.3, -0.25) is 4.79 Å². The van der Waals surface area contributed by atoms with E-state index in [2.05, 4.69) is 6.58 Å². The molecule has 1 aliphatic rings. The second kappa shape index (κ2) is 9.41. The van der Waals surface area contributed by atoms with E-state index >= 15 is 0 Å². The standard InChI is InChI=1S/C18H24O7/c1-4-5-15(24-12(2)19)18-17(20)14-7-6-13(10-16(14)25-18)23-11-22-9-8-21-3/h4,6-7,10,15,17-18,20H,1,5,8-9,11H2,2-3H3/t15?,17-,18+/m0/s1. The molecule has 7 heteroatoms. The van der Waals surface area contributed by atoms with Gasteiger partial charge in [0.2, 0.25) is 0 Å². The zero-order valence-electron chi connectivity index (χ0n) is 14.5. The Morgan fingerprint density at radius 1 is 1.44 bits per heavy atom. The van der Waals surface area contributed by atoms with Gasteiger partial charge in [-0.15, -0.1) is 6.58 Å². The molecule has 7 nitrogen and oxygen atoms in total. The number of hydrogen-bond acceptors (Lipinski definition) is 7. The van der Waals surface area contributed by atoms with Crippen LogP contribution in [0.15, 0.2) is 30.9 Å². The van der Waals surface area contributed by atoms with Crippen molar-refractivity contribution in [3.8, 4) is 11.5 Å². The van der Waals surface area contributed by atoms with Gasteiger partial charge in [-0.1, -0.05) is 6.08 Å². The van der Waals surface area contributed by atoms with Gasteiger partial charge in [0, 0.05) is 32.1 Å². The van der Waals surface area contributed by atoms with E-state index in [4.69, 9.17) is 23.7 Å². The molecule has 0 aliphatic carbocycles. The van der Waals surface area contributed by atoms with E-state index in [1.54, 1.807) is 31.4 Å². The number of hydrogen-bond donors (Lipinski definition) is 1. The third kappa shape index (κ3) is 5.19. The van der Waals surface area contributed by atoms with Gasteiger partial charge in [0.1, 0.15) is 23.7 Å². The first-order valence-electron chi connectivity index (χ1n) is 8.03. The molecule has 0 saturated carbocycles. The van der Waals surface area contributed by atoms with Crippen LogP contribution in [0.1, 0.15) is 25.0 Å². The zero-order valence-corrected chi connectivity index (χ0v) is 14.5. The number of esters is 1. The molecule has 0 fully saturated rings. The Bertz CT molecular complexity index is 587. The van der Waals surface area contributed by atoms with Crippen LogP contribution in [0.3, 0.4) is 0 Å². The molecule has 0 aromatic heterocycles. The molecule has 1 unspecified atom stereocenters. The number of benzene rings is 1. The number of carbonyl (C=O) groups excluding carboxylic acids is 1. The Morgan fingerprint density at radius 3 is 2.92 bits per heavy atom. The summed E-state index contributed by atoms with van der Waals surface area (Å²) in [5.74, 6) is 0.612. The predicted octanol–water partition coefficient (Wildman–Crippen LogP) is 1.99. The highest BCUT2D eigenvalue weighted by Crippen LogP contribution is 2.41. The number of rotatable bonds is 10. The van der Waals surface area contributed by atoms with Gasteiger partial charge in [-0.25, -0.2) is 0 Å². The first kappa shape index (κ1) is 19.2. The Labute approximate surface area is 147 Å². The van der Waals surface area contributed by atoms with Crippen LogP contribution in [0.5, 0.6) is 11.5 Å². The van der Waals surface area contributed by atoms with Crippen LogP contribution < -0.4 is 9.47 Å². The fourth-order valence-electron chi connectivity index (χ4n) is 2.56. The highest BCUT2D eigenvalue weighted by molar-refractivity contribution is 5.66. The molecule has 0 amide bonds. The summed E-state index contributed by atoms with van der Waals surface area (Å²) >= 11 is 0. The van der Waals surface area contributed by atoms with Crippen LogP contribution >= 0.6 is 0 Å². The number of methoxy groups -OCH3 is 1. The largest absolute Gasteiger partial charge is 0.483 e. The highest BCUT2D eigenvalue weighted by Gasteiger charge is 2.40. The fraction of sp³-hybridized carbons (Fsp3) is 0.500. The predicted molar refractivity (Wildman–Crippen MR) is 89.5 cm³/mol. The summed E-state index contributed by atoms with van der Waals surface area (Å²) in [4.78, 5) is 11.3. The minimum atomic E-state index is -0.897. The van der Waals surface area contributed by atoms with Crippen molar-refractivity contribution in [3.63, 3.8) is 0 Å². The molecular weight excluding hydrogens is 328 g/mol. The second-order valence-corrected chi connectivity index (χ2v) is 5.56. The van der Waals surface area contributed by atoms with Crippen molar-refractivity contribution in [1.29, 1.82) is 0 Å². The first-order valence-corrected chi connectivity index (χ1v) is 8.03. The van der Waals surface area contributed by atoms with Gasteiger partial charge < -0.3 is 28.8 Å². The van der Waals surface area contributed by atoms with Crippen molar-refractivity contribution < 1.29 is 33.6 Å². The van der Waals surface area contributed by atoms with Crippen molar-refractivity contribution in [2.24, 2.45) is 0 Å². The minimum absolute atomic E-state index is 0.0840. The van der Waals surface area contributed by atoms with Crippen LogP contribution in [-0.2, 0) is 19.0 Å². The normalized spacial score (nSPS) is 19.6. The molecule has 1 aromatic carbocycles. The second-order valence-electron chi connectivity index (χ2n) is 5.56. The van der Waals surface area contributed by atoms with E-state index in [0.29, 0.717) is 36.7 Å². The Morgan fingerprint density at radius 2 is 2.24 bits per heavy atom. The summed E-state index contributed by atoms with van der Waals surface area (Å²) in [6.45, 7) is 5.98. The lowest BCUT2D eigenvalue weighted by atomic mass is 10.0. The van der Waals surface area contributed by atoms with E-state index < -0.39 is 24.3 Å². The number of aliphatic hydroxyl groups is 1. The number of ether oxygens (including phenoxy) is 5. The summed E-state index contributed by atoms with van der Waals surface area (Å²) in [7, 11) is 1.60. The summed E-state index contributed by atoms with van der Waals surface area (Å²) in [6.07, 6.45) is -0.194. The summed E-state index contributed by atoms with van der Waals surface area (Å²) < 4.78 is 26.7. The van der Waals surface area contributed by atoms with Crippen LogP contribution in [0.2, 0.25) is 0 Å². The molecule has 1 heterocycles. The molecule has 2 rings (SSSR count). The Hall–Kier alpha value is -2.09. The molecule has 1 aliphatic heterocycles. The topological polar surface area (TPSA) is 83.5 Å². The summed E-state index contributed by atoms with van der Waals surface area (Å²) in [5, 5.41) is 10.5. The van der Waals surface area contributed by atoms with Gasteiger partial charge in [0.15, 0.2) is 12.9 Å². The Kier molecular flexibility index (Phi) is 7.24. The SMILES string of the molecule is C=CCC(OC(C)=O)[C@H]1Oc2cc(OCOCCOC)ccc2[C@@H]1O. The van der Waals surface area contributed by atoms with E-state index in [1.807, 2.05) is 0 Å². The average Bonchev–Trinajstić information content (AvgIpc) is 2.90. The molecule has 1 N–H and O–H groups in total. The van der Waals surface area contributed by atoms with Gasteiger partial charge in [0.05, 0.1) is 13.2 Å². The quantitative estimate of drug-likeness (QED) is 0.298. The van der Waals surface area contributed by atoms with Gasteiger partial charge in [-0.05, 0) is 12.1 Å². The lowest BCUT2D eigenvalue weighted by molar-refractivity contribution is -0.153. The third-order valence-electron chi connectivity index (χ3n) is 3.70. The van der Waals surface area contributed by atoms with Crippen LogP contribution in [0.4, 0.5) is 0 Å². The van der Waals surface area contributed by atoms with E-state index in [1.165, 1.54) is 6.92 Å². The van der Waals surface area contributed by atoms with Crippen molar-refractivity contribution in [2.45, 2.75) is 31.7 Å². The minimum Gasteiger partial charge on any atom is -0.483 e. The highest BCUT2D eigenvalue weighted by atomic mass is 16.7. The maximum absolute atomic E-state index is 11.3. The van der Waals surface area contributed by atoms with E-state index in [-0.39, 0.29) is 6.79 Å². The molecule has 0 bridgehead atoms. The molecular formula is C18H24O7. The molecule has 0 spiro atoms. The van der Waals surface area contributed by atoms with Crippen molar-refractivity contribution in [3.05, 3.63) is 36.4 Å². The molecule has 3 atom stereocenters.